The van der Waals surface area contributed by atoms with Gasteiger partial charge in [0.2, 0.25) is 5.78 Å². The molecule has 2 amide bonds. The lowest BCUT2D eigenvalue weighted by Crippen LogP contribution is -2.35. The Bertz CT molecular complexity index is 1830. The van der Waals surface area contributed by atoms with Gasteiger partial charge in [0.15, 0.2) is 0 Å². The van der Waals surface area contributed by atoms with E-state index in [2.05, 4.69) is 58.9 Å². The highest BCUT2D eigenvalue weighted by atomic mass is 35.5. The Labute approximate surface area is 268 Å². The van der Waals surface area contributed by atoms with Crippen LogP contribution in [0.5, 0.6) is 0 Å². The summed E-state index contributed by atoms with van der Waals surface area (Å²) in [4.78, 5) is 38.1. The molecule has 0 bridgehead atoms. The first-order valence-electron chi connectivity index (χ1n) is 15.3. The maximum absolute atomic E-state index is 13.4. The molecule has 5 rings (SSSR count). The molecule has 3 aromatic carbocycles. The molecule has 0 atom stereocenters. The van der Waals surface area contributed by atoms with Gasteiger partial charge in [0, 0.05) is 23.1 Å². The predicted octanol–water partition coefficient (Wildman–Crippen LogP) is 6.95. The van der Waals surface area contributed by atoms with Crippen LogP contribution in [0.25, 0.3) is 10.8 Å². The van der Waals surface area contributed by atoms with E-state index < -0.39 is 11.7 Å². The Morgan fingerprint density at radius 2 is 1.71 bits per heavy atom. The average Bonchev–Trinajstić information content (AvgIpc) is 3.84. The first kappa shape index (κ1) is 31.5. The van der Waals surface area contributed by atoms with Crippen LogP contribution in [0.3, 0.4) is 0 Å². The number of nitrogens with one attached hydrogen (secondary N) is 2. The van der Waals surface area contributed by atoms with Crippen molar-refractivity contribution in [1.29, 1.82) is 5.26 Å². The minimum Gasteiger partial charge on any atom is -0.343 e. The molecule has 45 heavy (non-hydrogen) atoms. The Morgan fingerprint density at radius 3 is 2.51 bits per heavy atom. The van der Waals surface area contributed by atoms with Crippen LogP contribution in [0.15, 0.2) is 101 Å². The van der Waals surface area contributed by atoms with Crippen LogP contribution in [-0.2, 0) is 21.5 Å². The number of unbranched alkanes of at least 4 members (excludes halogenated alkanes) is 1. The lowest BCUT2D eigenvalue weighted by atomic mass is 9.97. The maximum Gasteiger partial charge on any atom is 0.288 e. The van der Waals surface area contributed by atoms with Crippen molar-refractivity contribution in [2.24, 2.45) is 0 Å². The molecule has 1 fully saturated rings. The van der Waals surface area contributed by atoms with E-state index >= 15 is 0 Å². The van der Waals surface area contributed by atoms with Crippen molar-refractivity contribution in [2.75, 3.05) is 6.54 Å². The van der Waals surface area contributed by atoms with Gasteiger partial charge in [-0.15, -0.1) is 0 Å². The minimum atomic E-state index is -0.653. The monoisotopic (exact) mass is 615 g/mol. The number of amides is 2. The van der Waals surface area contributed by atoms with Gasteiger partial charge < -0.3 is 10.6 Å². The van der Waals surface area contributed by atoms with Crippen molar-refractivity contribution < 1.29 is 14.4 Å². The fourth-order valence-corrected chi connectivity index (χ4v) is 5.65. The Kier molecular flexibility index (Phi) is 10.3. The number of aryl methyl sites for hydroxylation is 1. The van der Waals surface area contributed by atoms with Crippen LogP contribution in [0.2, 0.25) is 0 Å². The lowest BCUT2D eigenvalue weighted by molar-refractivity contribution is -0.137. The van der Waals surface area contributed by atoms with E-state index in [1.807, 2.05) is 42.5 Å². The molecular formula is C38H34ClN3O3. The van der Waals surface area contributed by atoms with Crippen LogP contribution < -0.4 is 10.6 Å². The largest absolute Gasteiger partial charge is 0.343 e. The molecule has 0 spiro atoms. The smallest absolute Gasteiger partial charge is 0.288 e. The summed E-state index contributed by atoms with van der Waals surface area (Å²) in [6, 6.07) is 24.3. The number of halogens is 1. The third-order valence-corrected chi connectivity index (χ3v) is 8.54. The summed E-state index contributed by atoms with van der Waals surface area (Å²) in [6.45, 7) is 0.0476. The second kappa shape index (κ2) is 14.7. The number of ketones is 1. The van der Waals surface area contributed by atoms with Gasteiger partial charge >= 0.3 is 0 Å². The Balaban J connectivity index is 1.08. The number of carbonyl (C=O) groups excluding carboxylic acids is 3. The SMILES string of the molecule is N#C/C1=C(Cl)/C=C\C(C#CCNC(=O)C(=O)CCCCc2ccccc2C(=O)NC2(c3ccc4ccccc4c3)CC2)=C/CC1. The summed E-state index contributed by atoms with van der Waals surface area (Å²) in [5.74, 6) is 4.58. The van der Waals surface area contributed by atoms with Gasteiger partial charge in [-0.2, -0.15) is 5.26 Å². The van der Waals surface area contributed by atoms with E-state index in [9.17, 15) is 14.4 Å². The number of fused-ring (bicyclic) bond motifs is 1. The van der Waals surface area contributed by atoms with E-state index in [0.717, 1.165) is 34.9 Å². The van der Waals surface area contributed by atoms with Crippen molar-refractivity contribution in [3.63, 3.8) is 0 Å². The molecule has 0 aromatic heterocycles. The van der Waals surface area contributed by atoms with Crippen LogP contribution in [0, 0.1) is 23.2 Å². The summed E-state index contributed by atoms with van der Waals surface area (Å²) in [5, 5.41) is 17.7. The number of nitrogens with zero attached hydrogens (tertiary/aromatic N) is 1. The molecule has 6 nitrogen and oxygen atoms in total. The summed E-state index contributed by atoms with van der Waals surface area (Å²) in [5.41, 5.74) is 3.63. The molecular weight excluding hydrogens is 582 g/mol. The van der Waals surface area contributed by atoms with Crippen LogP contribution in [0.1, 0.15) is 66.4 Å². The lowest BCUT2D eigenvalue weighted by Gasteiger charge is -2.20. The van der Waals surface area contributed by atoms with E-state index in [1.165, 1.54) is 5.39 Å². The second-order valence-corrected chi connectivity index (χ2v) is 11.7. The zero-order chi connectivity index (χ0) is 31.6. The number of carbonyl (C=O) groups is 3. The molecule has 2 aliphatic carbocycles. The standard InChI is InChI=1S/C38H34ClN3O3/c39-34-21-18-27(9-7-15-31(34)26-40)10-8-24-41-37(45)35(43)17-6-4-13-29-12-3-5-16-33(29)36(44)42-38(22-23-38)32-20-19-28-11-1-2-14-30(28)25-32/h1-3,5,9,11-12,14,16,18-21,25H,4,6-7,13,15,17,22-24H2,(H,41,45)(H,42,44)/b21-18-,27-9-,34-31-. The molecule has 2 N–H and O–H groups in total. The second-order valence-electron chi connectivity index (χ2n) is 11.3. The Hall–Kier alpha value is -4.91. The van der Waals surface area contributed by atoms with Gasteiger partial charge in [0.25, 0.3) is 11.8 Å². The summed E-state index contributed by atoms with van der Waals surface area (Å²) < 4.78 is 0. The summed E-state index contributed by atoms with van der Waals surface area (Å²) >= 11 is 6.11. The van der Waals surface area contributed by atoms with Gasteiger partial charge in [-0.05, 0) is 91.1 Å². The van der Waals surface area contributed by atoms with Crippen molar-refractivity contribution in [1.82, 2.24) is 10.6 Å². The number of nitriles is 1. The highest BCUT2D eigenvalue weighted by Gasteiger charge is 2.46. The van der Waals surface area contributed by atoms with Crippen molar-refractivity contribution >= 4 is 40.0 Å². The third-order valence-electron chi connectivity index (χ3n) is 8.18. The fourth-order valence-electron chi connectivity index (χ4n) is 5.45. The summed E-state index contributed by atoms with van der Waals surface area (Å²) in [7, 11) is 0. The first-order chi connectivity index (χ1) is 21.9. The number of rotatable bonds is 10. The maximum atomic E-state index is 13.4. The van der Waals surface area contributed by atoms with Gasteiger partial charge in [-0.25, -0.2) is 0 Å². The van der Waals surface area contributed by atoms with Crippen molar-refractivity contribution in [3.8, 4) is 17.9 Å². The van der Waals surface area contributed by atoms with Crippen molar-refractivity contribution in [2.45, 2.75) is 56.9 Å². The average molecular weight is 616 g/mol. The molecule has 7 heteroatoms. The zero-order valence-electron chi connectivity index (χ0n) is 25.0. The molecule has 0 aliphatic heterocycles. The molecule has 2 aliphatic rings. The third kappa shape index (κ3) is 8.18. The van der Waals surface area contributed by atoms with Crippen LogP contribution >= 0.6 is 11.6 Å². The number of benzene rings is 3. The molecule has 3 aromatic rings. The van der Waals surface area contributed by atoms with Crippen molar-refractivity contribution in [3.05, 3.63) is 118 Å². The topological polar surface area (TPSA) is 99.1 Å². The Morgan fingerprint density at radius 1 is 0.933 bits per heavy atom. The molecule has 0 radical (unpaired) electrons. The van der Waals surface area contributed by atoms with Gasteiger partial charge in [0.05, 0.1) is 23.2 Å². The molecule has 0 unspecified atom stereocenters. The van der Waals surface area contributed by atoms with Crippen LogP contribution in [-0.4, -0.2) is 24.1 Å². The highest BCUT2D eigenvalue weighted by molar-refractivity contribution is 6.36. The zero-order valence-corrected chi connectivity index (χ0v) is 25.8. The molecule has 0 saturated heterocycles. The molecule has 0 heterocycles. The van der Waals surface area contributed by atoms with E-state index in [1.54, 1.807) is 12.2 Å². The number of allylic oxidation sites excluding steroid dienone is 6. The molecule has 1 saturated carbocycles. The van der Waals surface area contributed by atoms with E-state index in [0.29, 0.717) is 48.3 Å². The minimum absolute atomic E-state index is 0.0476. The summed E-state index contributed by atoms with van der Waals surface area (Å²) in [6.07, 6.45) is 10.2. The van der Waals surface area contributed by atoms with Gasteiger partial charge in [-0.1, -0.05) is 84.1 Å². The predicted molar refractivity (Wildman–Crippen MR) is 177 cm³/mol. The van der Waals surface area contributed by atoms with E-state index in [4.69, 9.17) is 16.9 Å². The molecule has 226 valence electrons. The van der Waals surface area contributed by atoms with E-state index in [-0.39, 0.29) is 24.4 Å². The number of Topliss-reactive ketones (excluding diaryl/α,β-unsaturated/α-hetero) is 1. The quantitative estimate of drug-likeness (QED) is 0.146. The normalized spacial score (nSPS) is 18.5. The number of hydrogen-bond acceptors (Lipinski definition) is 4. The number of hydrogen-bond donors (Lipinski definition) is 2. The van der Waals surface area contributed by atoms with Gasteiger partial charge in [-0.3, -0.25) is 14.4 Å². The van der Waals surface area contributed by atoms with Gasteiger partial charge in [0.1, 0.15) is 0 Å². The first-order valence-corrected chi connectivity index (χ1v) is 15.6. The highest BCUT2D eigenvalue weighted by Crippen LogP contribution is 2.46. The fraction of sp³-hybridized carbons (Fsp3) is 0.263. The van der Waals surface area contributed by atoms with Crippen LogP contribution in [0.4, 0.5) is 0 Å².